The standard InChI is InChI=1S/C7H10F2N2S/c1-4-2-5(3-12-4)6(11-10)7(8)9/h2-3,6-7,11H,10H2,1H3. The number of halogens is 2. The lowest BCUT2D eigenvalue weighted by Crippen LogP contribution is -2.32. The van der Waals surface area contributed by atoms with Crippen LogP contribution in [0.1, 0.15) is 16.5 Å². The molecular weight excluding hydrogens is 182 g/mol. The number of nitrogens with two attached hydrogens (primary N) is 1. The molecule has 1 atom stereocenters. The molecule has 0 aliphatic carbocycles. The third kappa shape index (κ3) is 2.00. The Morgan fingerprint density at radius 1 is 1.58 bits per heavy atom. The summed E-state index contributed by atoms with van der Waals surface area (Å²) in [4.78, 5) is 1.01. The molecule has 1 unspecified atom stereocenters. The average molecular weight is 192 g/mol. The van der Waals surface area contributed by atoms with Gasteiger partial charge >= 0.3 is 0 Å². The highest BCUT2D eigenvalue weighted by molar-refractivity contribution is 7.10. The van der Waals surface area contributed by atoms with E-state index in [0.29, 0.717) is 5.56 Å². The van der Waals surface area contributed by atoms with Crippen LogP contribution in [0, 0.1) is 6.92 Å². The predicted octanol–water partition coefficient (Wildman–Crippen LogP) is 1.83. The Hall–Kier alpha value is -0.520. The maximum Gasteiger partial charge on any atom is 0.259 e. The number of alkyl halides is 2. The van der Waals surface area contributed by atoms with Gasteiger partial charge in [0.15, 0.2) is 0 Å². The summed E-state index contributed by atoms with van der Waals surface area (Å²) in [7, 11) is 0. The molecule has 0 saturated carbocycles. The summed E-state index contributed by atoms with van der Waals surface area (Å²) < 4.78 is 24.5. The number of nitrogens with one attached hydrogen (secondary N) is 1. The average Bonchev–Trinajstić information content (AvgIpc) is 2.37. The van der Waals surface area contributed by atoms with Gasteiger partial charge in [0.2, 0.25) is 0 Å². The van der Waals surface area contributed by atoms with Crippen molar-refractivity contribution in [1.82, 2.24) is 5.43 Å². The molecule has 2 nitrogen and oxygen atoms in total. The van der Waals surface area contributed by atoms with Gasteiger partial charge in [-0.3, -0.25) is 5.84 Å². The van der Waals surface area contributed by atoms with E-state index in [2.05, 4.69) is 5.43 Å². The predicted molar refractivity (Wildman–Crippen MR) is 45.1 cm³/mol. The van der Waals surface area contributed by atoms with Gasteiger partial charge in [0.1, 0.15) is 6.04 Å². The van der Waals surface area contributed by atoms with E-state index in [4.69, 9.17) is 5.84 Å². The van der Waals surface area contributed by atoms with Gasteiger partial charge in [0.25, 0.3) is 6.43 Å². The first-order valence-corrected chi connectivity index (χ1v) is 4.32. The number of hydrogen-bond acceptors (Lipinski definition) is 3. The third-order valence-electron chi connectivity index (χ3n) is 1.54. The van der Waals surface area contributed by atoms with Crippen LogP contribution >= 0.6 is 11.3 Å². The minimum absolute atomic E-state index is 0.551. The molecule has 0 spiro atoms. The molecule has 0 amide bonds. The molecule has 0 bridgehead atoms. The molecule has 0 aliphatic rings. The molecule has 0 fully saturated rings. The van der Waals surface area contributed by atoms with Gasteiger partial charge in [0, 0.05) is 4.88 Å². The van der Waals surface area contributed by atoms with Crippen LogP contribution in [0.3, 0.4) is 0 Å². The van der Waals surface area contributed by atoms with Gasteiger partial charge in [0.05, 0.1) is 0 Å². The lowest BCUT2D eigenvalue weighted by Gasteiger charge is -2.12. The van der Waals surface area contributed by atoms with Gasteiger partial charge in [-0.15, -0.1) is 11.3 Å². The molecule has 5 heteroatoms. The van der Waals surface area contributed by atoms with Crippen LogP contribution < -0.4 is 11.3 Å². The Balaban J connectivity index is 2.80. The molecule has 1 aromatic heterocycles. The first-order chi connectivity index (χ1) is 5.65. The van der Waals surface area contributed by atoms with Crippen molar-refractivity contribution in [3.05, 3.63) is 21.9 Å². The molecule has 1 heterocycles. The quantitative estimate of drug-likeness (QED) is 0.566. The van der Waals surface area contributed by atoms with Crippen LogP contribution in [0.5, 0.6) is 0 Å². The van der Waals surface area contributed by atoms with Crippen molar-refractivity contribution in [3.63, 3.8) is 0 Å². The second kappa shape index (κ2) is 3.93. The molecule has 68 valence electrons. The highest BCUT2D eigenvalue weighted by Gasteiger charge is 2.21. The van der Waals surface area contributed by atoms with E-state index in [1.54, 1.807) is 11.4 Å². The zero-order valence-electron chi connectivity index (χ0n) is 6.55. The highest BCUT2D eigenvalue weighted by Crippen LogP contribution is 2.24. The van der Waals surface area contributed by atoms with Crippen molar-refractivity contribution < 1.29 is 8.78 Å². The van der Waals surface area contributed by atoms with Crippen molar-refractivity contribution in [2.45, 2.75) is 19.4 Å². The van der Waals surface area contributed by atoms with Crippen molar-refractivity contribution in [2.75, 3.05) is 0 Å². The maximum atomic E-state index is 12.3. The van der Waals surface area contributed by atoms with Gasteiger partial charge < -0.3 is 0 Å². The van der Waals surface area contributed by atoms with Gasteiger partial charge in [-0.2, -0.15) is 0 Å². The van der Waals surface area contributed by atoms with E-state index in [-0.39, 0.29) is 0 Å². The Kier molecular flexibility index (Phi) is 3.13. The van der Waals surface area contributed by atoms with Gasteiger partial charge in [-0.25, -0.2) is 14.2 Å². The van der Waals surface area contributed by atoms with Crippen molar-refractivity contribution in [2.24, 2.45) is 5.84 Å². The van der Waals surface area contributed by atoms with Crippen LogP contribution in [-0.4, -0.2) is 6.43 Å². The second-order valence-electron chi connectivity index (χ2n) is 2.47. The molecular formula is C7H10F2N2S. The van der Waals surface area contributed by atoms with Crippen LogP contribution in [-0.2, 0) is 0 Å². The fourth-order valence-electron chi connectivity index (χ4n) is 0.941. The molecule has 0 aromatic carbocycles. The largest absolute Gasteiger partial charge is 0.271 e. The molecule has 0 aliphatic heterocycles. The maximum absolute atomic E-state index is 12.3. The number of thiophene rings is 1. The summed E-state index contributed by atoms with van der Waals surface area (Å²) in [6, 6.07) is 0.663. The van der Waals surface area contributed by atoms with E-state index in [0.717, 1.165) is 4.88 Å². The molecule has 0 saturated heterocycles. The minimum Gasteiger partial charge on any atom is -0.271 e. The Labute approximate surface area is 73.4 Å². The molecule has 1 aromatic rings. The summed E-state index contributed by atoms with van der Waals surface area (Å²) in [5.41, 5.74) is 2.64. The molecule has 1 rings (SSSR count). The second-order valence-corrected chi connectivity index (χ2v) is 3.58. The summed E-state index contributed by atoms with van der Waals surface area (Å²) in [5, 5.41) is 1.69. The fourth-order valence-corrected chi connectivity index (χ4v) is 1.68. The monoisotopic (exact) mass is 192 g/mol. The lowest BCUT2D eigenvalue weighted by atomic mass is 10.1. The molecule has 0 radical (unpaired) electrons. The van der Waals surface area contributed by atoms with Gasteiger partial charge in [-0.05, 0) is 23.9 Å². The Bertz CT molecular complexity index is 249. The van der Waals surface area contributed by atoms with E-state index in [1.165, 1.54) is 11.3 Å². The van der Waals surface area contributed by atoms with Gasteiger partial charge in [-0.1, -0.05) is 0 Å². The van der Waals surface area contributed by atoms with E-state index in [1.807, 2.05) is 6.92 Å². The minimum atomic E-state index is -2.47. The van der Waals surface area contributed by atoms with E-state index >= 15 is 0 Å². The Morgan fingerprint density at radius 2 is 2.25 bits per heavy atom. The normalized spacial score (nSPS) is 13.8. The third-order valence-corrected chi connectivity index (χ3v) is 2.42. The topological polar surface area (TPSA) is 38.0 Å². The lowest BCUT2D eigenvalue weighted by molar-refractivity contribution is 0.0988. The first-order valence-electron chi connectivity index (χ1n) is 3.44. The van der Waals surface area contributed by atoms with E-state index < -0.39 is 12.5 Å². The summed E-state index contributed by atoms with van der Waals surface area (Å²) in [5.74, 6) is 4.99. The Morgan fingerprint density at radius 3 is 2.58 bits per heavy atom. The van der Waals surface area contributed by atoms with Crippen molar-refractivity contribution in [3.8, 4) is 0 Å². The van der Waals surface area contributed by atoms with Crippen molar-refractivity contribution >= 4 is 11.3 Å². The van der Waals surface area contributed by atoms with E-state index in [9.17, 15) is 8.78 Å². The smallest absolute Gasteiger partial charge is 0.259 e. The summed E-state index contributed by atoms with van der Waals surface area (Å²) in [6.45, 7) is 1.87. The van der Waals surface area contributed by atoms with Crippen LogP contribution in [0.15, 0.2) is 11.4 Å². The summed E-state index contributed by atoms with van der Waals surface area (Å²) in [6.07, 6.45) is -2.47. The summed E-state index contributed by atoms with van der Waals surface area (Å²) >= 11 is 1.44. The number of rotatable bonds is 3. The molecule has 12 heavy (non-hydrogen) atoms. The van der Waals surface area contributed by atoms with Crippen molar-refractivity contribution in [1.29, 1.82) is 0 Å². The van der Waals surface area contributed by atoms with Crippen LogP contribution in [0.25, 0.3) is 0 Å². The number of hydrazine groups is 1. The fraction of sp³-hybridized carbons (Fsp3) is 0.429. The number of aryl methyl sites for hydroxylation is 1. The zero-order valence-corrected chi connectivity index (χ0v) is 7.37. The van der Waals surface area contributed by atoms with Crippen LogP contribution in [0.4, 0.5) is 8.78 Å². The highest BCUT2D eigenvalue weighted by atomic mass is 32.1. The zero-order chi connectivity index (χ0) is 9.14. The SMILES string of the molecule is Cc1cc(C(NN)C(F)F)cs1. The molecule has 3 N–H and O–H groups in total. The number of hydrogen-bond donors (Lipinski definition) is 2. The van der Waals surface area contributed by atoms with Crippen LogP contribution in [0.2, 0.25) is 0 Å². The first kappa shape index (κ1) is 9.57.